The van der Waals surface area contributed by atoms with Crippen LogP contribution in [0.1, 0.15) is 43.0 Å². The first kappa shape index (κ1) is 26.3. The van der Waals surface area contributed by atoms with Gasteiger partial charge >= 0.3 is 6.16 Å². The molecule has 0 spiro atoms. The van der Waals surface area contributed by atoms with Gasteiger partial charge in [0.2, 0.25) is 5.91 Å². The third-order valence-electron chi connectivity index (χ3n) is 5.70. The van der Waals surface area contributed by atoms with Gasteiger partial charge in [0.25, 0.3) is 5.91 Å². The normalized spacial score (nSPS) is 13.7. The van der Waals surface area contributed by atoms with Crippen molar-refractivity contribution in [3.8, 4) is 11.5 Å². The van der Waals surface area contributed by atoms with Crippen LogP contribution < -0.4 is 14.8 Å². The van der Waals surface area contributed by atoms with Crippen LogP contribution in [0.5, 0.6) is 11.5 Å². The first-order valence-corrected chi connectivity index (χ1v) is 12.2. The van der Waals surface area contributed by atoms with Crippen molar-refractivity contribution >= 4 is 29.6 Å². The first-order chi connectivity index (χ1) is 17.0. The summed E-state index contributed by atoms with van der Waals surface area (Å²) >= 11 is 6.05. The van der Waals surface area contributed by atoms with Crippen molar-refractivity contribution in [2.45, 2.75) is 32.6 Å². The lowest BCUT2D eigenvalue weighted by atomic mass is 9.96. The van der Waals surface area contributed by atoms with Crippen molar-refractivity contribution < 1.29 is 28.6 Å². The number of amides is 2. The molecule has 3 rings (SSSR count). The minimum Gasteiger partial charge on any atom is -0.492 e. The van der Waals surface area contributed by atoms with Crippen LogP contribution in [0.25, 0.3) is 0 Å². The van der Waals surface area contributed by atoms with Gasteiger partial charge in [0.15, 0.2) is 0 Å². The summed E-state index contributed by atoms with van der Waals surface area (Å²) < 4.78 is 15.4. The maximum Gasteiger partial charge on any atom is 0.513 e. The van der Waals surface area contributed by atoms with E-state index in [1.54, 1.807) is 43.3 Å². The number of para-hydroxylation sites is 1. The van der Waals surface area contributed by atoms with Crippen LogP contribution in [-0.4, -0.2) is 55.7 Å². The molecule has 1 heterocycles. The number of rotatable bonds is 10. The lowest BCUT2D eigenvalue weighted by molar-refractivity contribution is -0.121. The fourth-order valence-electron chi connectivity index (χ4n) is 3.76. The number of hydrogen-bond acceptors (Lipinski definition) is 6. The summed E-state index contributed by atoms with van der Waals surface area (Å²) in [5.74, 6) is 1.22. The number of carbonyl (C=O) groups excluding carboxylic acids is 3. The van der Waals surface area contributed by atoms with E-state index >= 15 is 0 Å². The molecule has 9 heteroatoms. The van der Waals surface area contributed by atoms with E-state index in [9.17, 15) is 14.4 Å². The molecule has 0 saturated carbocycles. The zero-order valence-corrected chi connectivity index (χ0v) is 20.6. The van der Waals surface area contributed by atoms with E-state index in [1.807, 2.05) is 17.0 Å². The van der Waals surface area contributed by atoms with Gasteiger partial charge in [-0.3, -0.25) is 9.59 Å². The lowest BCUT2D eigenvalue weighted by Gasteiger charge is -2.32. The van der Waals surface area contributed by atoms with E-state index in [0.29, 0.717) is 67.1 Å². The van der Waals surface area contributed by atoms with E-state index < -0.39 is 6.16 Å². The molecule has 188 valence electrons. The molecule has 2 aromatic rings. The summed E-state index contributed by atoms with van der Waals surface area (Å²) in [6.45, 7) is 4.22. The average molecular weight is 503 g/mol. The number of benzene rings is 2. The molecule has 0 radical (unpaired) electrons. The molecule has 35 heavy (non-hydrogen) atoms. The topological polar surface area (TPSA) is 94.2 Å². The third kappa shape index (κ3) is 8.47. The number of likely N-dealkylation sites (tertiary alicyclic amines) is 1. The Kier molecular flexibility index (Phi) is 10.2. The number of nitrogens with zero attached hydrogens (tertiary/aromatic N) is 1. The molecule has 0 aromatic heterocycles. The Morgan fingerprint density at radius 2 is 1.77 bits per heavy atom. The quantitative estimate of drug-likeness (QED) is 0.287. The Hall–Kier alpha value is -3.26. The number of nitrogens with one attached hydrogen (secondary N) is 1. The first-order valence-electron chi connectivity index (χ1n) is 11.8. The number of ether oxygens (including phenoxy) is 3. The smallest absolute Gasteiger partial charge is 0.492 e. The summed E-state index contributed by atoms with van der Waals surface area (Å²) in [7, 11) is 0. The van der Waals surface area contributed by atoms with Gasteiger partial charge in [0.1, 0.15) is 11.5 Å². The average Bonchev–Trinajstić information content (AvgIpc) is 2.87. The van der Waals surface area contributed by atoms with Crippen LogP contribution >= 0.6 is 11.6 Å². The summed E-state index contributed by atoms with van der Waals surface area (Å²) in [5.41, 5.74) is 0.534. The van der Waals surface area contributed by atoms with Gasteiger partial charge in [-0.1, -0.05) is 23.7 Å². The molecular formula is C26H31ClN2O6. The molecule has 1 aliphatic heterocycles. The second-order valence-electron chi connectivity index (χ2n) is 8.23. The second kappa shape index (κ2) is 13.6. The van der Waals surface area contributed by atoms with Crippen molar-refractivity contribution in [1.29, 1.82) is 0 Å². The van der Waals surface area contributed by atoms with Gasteiger partial charge in [0, 0.05) is 31.6 Å². The monoisotopic (exact) mass is 502 g/mol. The molecule has 1 fully saturated rings. The van der Waals surface area contributed by atoms with Gasteiger partial charge in [0.05, 0.1) is 18.2 Å². The molecule has 2 amide bonds. The second-order valence-corrected chi connectivity index (χ2v) is 8.64. The van der Waals surface area contributed by atoms with E-state index in [2.05, 4.69) is 5.32 Å². The largest absolute Gasteiger partial charge is 0.513 e. The highest BCUT2D eigenvalue weighted by Gasteiger charge is 2.24. The summed E-state index contributed by atoms with van der Waals surface area (Å²) in [4.78, 5) is 38.1. The molecule has 0 aliphatic carbocycles. The van der Waals surface area contributed by atoms with Crippen LogP contribution in [0, 0.1) is 5.92 Å². The SMILES string of the molecule is CCOC(=O)Oc1ccc(C(=O)N2CCC(CNC(=O)CCCOc3ccccc3Cl)CC2)cc1. The molecule has 0 bridgehead atoms. The minimum absolute atomic E-state index is 0.00334. The molecule has 0 atom stereocenters. The third-order valence-corrected chi connectivity index (χ3v) is 6.01. The predicted octanol–water partition coefficient (Wildman–Crippen LogP) is 4.70. The van der Waals surface area contributed by atoms with Crippen molar-refractivity contribution in [2.24, 2.45) is 5.92 Å². The van der Waals surface area contributed by atoms with Gasteiger partial charge in [-0.25, -0.2) is 4.79 Å². The van der Waals surface area contributed by atoms with Crippen molar-refractivity contribution in [1.82, 2.24) is 10.2 Å². The highest BCUT2D eigenvalue weighted by molar-refractivity contribution is 6.32. The molecule has 1 N–H and O–H groups in total. The predicted molar refractivity (Wildman–Crippen MR) is 132 cm³/mol. The van der Waals surface area contributed by atoms with Crippen molar-refractivity contribution in [2.75, 3.05) is 32.8 Å². The highest BCUT2D eigenvalue weighted by atomic mass is 35.5. The van der Waals surface area contributed by atoms with Crippen LogP contribution in [0.15, 0.2) is 48.5 Å². The van der Waals surface area contributed by atoms with Crippen LogP contribution in [-0.2, 0) is 9.53 Å². The fourth-order valence-corrected chi connectivity index (χ4v) is 3.95. The Morgan fingerprint density at radius 1 is 1.06 bits per heavy atom. The number of hydrogen-bond donors (Lipinski definition) is 1. The number of piperidine rings is 1. The van der Waals surface area contributed by atoms with Crippen LogP contribution in [0.2, 0.25) is 5.02 Å². The van der Waals surface area contributed by atoms with E-state index in [-0.39, 0.29) is 18.4 Å². The fraction of sp³-hybridized carbons (Fsp3) is 0.423. The Morgan fingerprint density at radius 3 is 2.46 bits per heavy atom. The minimum atomic E-state index is -0.772. The lowest BCUT2D eigenvalue weighted by Crippen LogP contribution is -2.41. The molecule has 0 unspecified atom stereocenters. The van der Waals surface area contributed by atoms with Crippen molar-refractivity contribution in [3.05, 3.63) is 59.1 Å². The maximum atomic E-state index is 12.8. The van der Waals surface area contributed by atoms with E-state index in [0.717, 1.165) is 12.8 Å². The molecule has 1 saturated heterocycles. The summed E-state index contributed by atoms with van der Waals surface area (Å²) in [5, 5.41) is 3.55. The van der Waals surface area contributed by atoms with Crippen molar-refractivity contribution in [3.63, 3.8) is 0 Å². The molecule has 1 aliphatic rings. The van der Waals surface area contributed by atoms with Gasteiger partial charge in [-0.05, 0) is 68.5 Å². The maximum absolute atomic E-state index is 12.8. The standard InChI is InChI=1S/C26H31ClN2O6/c1-2-33-26(32)35-21-11-9-20(10-12-21)25(31)29-15-13-19(14-16-29)18-28-24(30)8-5-17-34-23-7-4-3-6-22(23)27/h3-4,6-7,9-12,19H,2,5,8,13-18H2,1H3,(H,28,30). The highest BCUT2D eigenvalue weighted by Crippen LogP contribution is 2.23. The Labute approximate surface area is 210 Å². The Balaban J connectivity index is 1.32. The van der Waals surface area contributed by atoms with E-state index in [1.165, 1.54) is 0 Å². The van der Waals surface area contributed by atoms with Gasteiger partial charge in [-0.2, -0.15) is 0 Å². The van der Waals surface area contributed by atoms with Gasteiger partial charge in [-0.15, -0.1) is 0 Å². The number of carbonyl (C=O) groups is 3. The van der Waals surface area contributed by atoms with Crippen LogP contribution in [0.4, 0.5) is 4.79 Å². The molecular weight excluding hydrogens is 472 g/mol. The Bertz CT molecular complexity index is 990. The zero-order valence-electron chi connectivity index (χ0n) is 19.8. The summed E-state index contributed by atoms with van der Waals surface area (Å²) in [6.07, 6.45) is 1.87. The van der Waals surface area contributed by atoms with E-state index in [4.69, 9.17) is 25.8 Å². The summed E-state index contributed by atoms with van der Waals surface area (Å²) in [6, 6.07) is 13.7. The molecule has 2 aromatic carbocycles. The number of halogens is 1. The molecule has 8 nitrogen and oxygen atoms in total. The van der Waals surface area contributed by atoms with Gasteiger partial charge < -0.3 is 24.4 Å². The van der Waals surface area contributed by atoms with Crippen LogP contribution in [0.3, 0.4) is 0 Å². The zero-order chi connectivity index (χ0) is 25.0.